The predicted molar refractivity (Wildman–Crippen MR) is 115 cm³/mol. The van der Waals surface area contributed by atoms with E-state index < -0.39 is 0 Å². The van der Waals surface area contributed by atoms with E-state index >= 15 is 0 Å². The number of fused-ring (bicyclic) bond motifs is 1. The number of carbonyl (C=O) groups excluding carboxylic acids is 1. The van der Waals surface area contributed by atoms with Crippen LogP contribution < -0.4 is 5.43 Å². The van der Waals surface area contributed by atoms with Crippen LogP contribution in [0, 0.1) is 0 Å². The number of hydrogen-bond donors (Lipinski definition) is 2. The third-order valence-electron chi connectivity index (χ3n) is 5.02. The van der Waals surface area contributed by atoms with Crippen molar-refractivity contribution in [1.29, 1.82) is 0 Å². The number of aromatic amines is 1. The zero-order valence-electron chi connectivity index (χ0n) is 16.8. The van der Waals surface area contributed by atoms with Crippen LogP contribution in [0.2, 0.25) is 0 Å². The minimum atomic E-state index is 0.00187. The molecule has 1 aromatic carbocycles. The molecule has 0 saturated heterocycles. The minimum Gasteiger partial charge on any atom is -0.361 e. The second-order valence-electron chi connectivity index (χ2n) is 7.37. The molecule has 2 aromatic rings. The average Bonchev–Trinajstić information content (AvgIpc) is 3.09. The van der Waals surface area contributed by atoms with Gasteiger partial charge in [0.25, 0.3) is 0 Å². The second-order valence-corrected chi connectivity index (χ2v) is 7.37. The molecule has 0 aliphatic carbocycles. The Morgan fingerprint density at radius 2 is 1.59 bits per heavy atom. The Balaban J connectivity index is 1.48. The molecule has 0 bridgehead atoms. The number of unbranched alkanes of at least 4 members (excludes halogenated alkanes) is 10. The highest BCUT2D eigenvalue weighted by molar-refractivity contribution is 5.99. The van der Waals surface area contributed by atoms with Crippen molar-refractivity contribution in [2.75, 3.05) is 0 Å². The van der Waals surface area contributed by atoms with Crippen molar-refractivity contribution >= 4 is 23.0 Å². The van der Waals surface area contributed by atoms with Crippen LogP contribution >= 0.6 is 0 Å². The molecule has 0 unspecified atom stereocenters. The van der Waals surface area contributed by atoms with E-state index in [-0.39, 0.29) is 5.91 Å². The van der Waals surface area contributed by atoms with Gasteiger partial charge in [-0.15, -0.1) is 0 Å². The van der Waals surface area contributed by atoms with Crippen molar-refractivity contribution in [2.24, 2.45) is 5.10 Å². The first-order valence-electron chi connectivity index (χ1n) is 10.7. The van der Waals surface area contributed by atoms with E-state index in [1.54, 1.807) is 6.21 Å². The lowest BCUT2D eigenvalue weighted by Gasteiger charge is -2.02. The summed E-state index contributed by atoms with van der Waals surface area (Å²) in [5.41, 5.74) is 4.70. The molecule has 4 heteroatoms. The third kappa shape index (κ3) is 8.42. The van der Waals surface area contributed by atoms with Crippen LogP contribution in [0.3, 0.4) is 0 Å². The summed E-state index contributed by atoms with van der Waals surface area (Å²) >= 11 is 0. The molecule has 4 nitrogen and oxygen atoms in total. The monoisotopic (exact) mass is 369 g/mol. The molecule has 1 heterocycles. The summed E-state index contributed by atoms with van der Waals surface area (Å²) in [7, 11) is 0. The van der Waals surface area contributed by atoms with Crippen LogP contribution in [-0.4, -0.2) is 17.1 Å². The Morgan fingerprint density at radius 3 is 2.30 bits per heavy atom. The van der Waals surface area contributed by atoms with E-state index in [0.717, 1.165) is 29.3 Å². The van der Waals surface area contributed by atoms with Crippen molar-refractivity contribution in [1.82, 2.24) is 10.4 Å². The highest BCUT2D eigenvalue weighted by atomic mass is 16.2. The first-order chi connectivity index (χ1) is 13.3. The molecule has 0 spiro atoms. The summed E-state index contributed by atoms with van der Waals surface area (Å²) in [5, 5.41) is 5.20. The van der Waals surface area contributed by atoms with Gasteiger partial charge >= 0.3 is 0 Å². The fourth-order valence-corrected chi connectivity index (χ4v) is 3.38. The van der Waals surface area contributed by atoms with Gasteiger partial charge in [0, 0.05) is 29.1 Å². The van der Waals surface area contributed by atoms with Gasteiger partial charge in [-0.3, -0.25) is 4.79 Å². The van der Waals surface area contributed by atoms with Crippen molar-refractivity contribution in [3.63, 3.8) is 0 Å². The van der Waals surface area contributed by atoms with Crippen molar-refractivity contribution in [2.45, 2.75) is 84.0 Å². The lowest BCUT2D eigenvalue weighted by Crippen LogP contribution is -2.16. The smallest absolute Gasteiger partial charge is 0.240 e. The number of nitrogens with one attached hydrogen (secondary N) is 2. The summed E-state index contributed by atoms with van der Waals surface area (Å²) in [5.74, 6) is 0.00187. The van der Waals surface area contributed by atoms with E-state index in [1.807, 2.05) is 30.5 Å². The van der Waals surface area contributed by atoms with Gasteiger partial charge in [-0.25, -0.2) is 5.43 Å². The standard InChI is InChI=1S/C23H35N3O/c1-2-3-4-5-6-7-8-9-10-11-12-17-23(27)26-25-19-20-18-24-22-16-14-13-15-21(20)22/h13-16,18-19,24H,2-12,17H2,1H3,(H,26,27)/b25-19+. The number of hydrazone groups is 1. The van der Waals surface area contributed by atoms with E-state index in [1.165, 1.54) is 57.8 Å². The molecule has 0 saturated carbocycles. The Morgan fingerprint density at radius 1 is 0.963 bits per heavy atom. The Bertz CT molecular complexity index is 690. The van der Waals surface area contributed by atoms with E-state index in [9.17, 15) is 4.79 Å². The van der Waals surface area contributed by atoms with Crippen LogP contribution in [0.1, 0.15) is 89.5 Å². The molecule has 1 amide bonds. The van der Waals surface area contributed by atoms with Crippen molar-refractivity contribution in [3.8, 4) is 0 Å². The molecule has 148 valence electrons. The molecule has 2 N–H and O–H groups in total. The zero-order chi connectivity index (χ0) is 19.2. The summed E-state index contributed by atoms with van der Waals surface area (Å²) in [4.78, 5) is 15.1. The second kappa shape index (κ2) is 13.1. The number of aromatic nitrogens is 1. The molecule has 1 aromatic heterocycles. The molecular weight excluding hydrogens is 334 g/mol. The molecule has 0 atom stereocenters. The highest BCUT2D eigenvalue weighted by Crippen LogP contribution is 2.15. The van der Waals surface area contributed by atoms with Gasteiger partial charge in [0.1, 0.15) is 0 Å². The number of nitrogens with zero attached hydrogens (tertiary/aromatic N) is 1. The fourth-order valence-electron chi connectivity index (χ4n) is 3.38. The van der Waals surface area contributed by atoms with Crippen LogP contribution in [0.4, 0.5) is 0 Å². The number of hydrogen-bond acceptors (Lipinski definition) is 2. The van der Waals surface area contributed by atoms with Gasteiger partial charge < -0.3 is 4.98 Å². The molecule has 0 aliphatic heterocycles. The summed E-state index contributed by atoms with van der Waals surface area (Å²) in [6, 6.07) is 8.06. The largest absolute Gasteiger partial charge is 0.361 e. The Hall–Kier alpha value is -2.10. The number of H-pyrrole nitrogens is 1. The first kappa shape index (κ1) is 21.2. The van der Waals surface area contributed by atoms with Gasteiger partial charge in [0.05, 0.1) is 6.21 Å². The molecule has 0 aliphatic rings. The topological polar surface area (TPSA) is 57.2 Å². The predicted octanol–water partition coefficient (Wildman–Crippen LogP) is 6.32. The van der Waals surface area contributed by atoms with Gasteiger partial charge in [-0.1, -0.05) is 89.3 Å². The maximum absolute atomic E-state index is 11.9. The molecule has 2 rings (SSSR count). The normalized spacial score (nSPS) is 11.4. The van der Waals surface area contributed by atoms with Gasteiger partial charge in [0.15, 0.2) is 0 Å². The third-order valence-corrected chi connectivity index (χ3v) is 5.02. The average molecular weight is 370 g/mol. The minimum absolute atomic E-state index is 0.00187. The Labute approximate surface area is 163 Å². The SMILES string of the molecule is CCCCCCCCCCCCCC(=O)N/N=C/c1c[nH]c2ccccc12. The number of benzene rings is 1. The lowest BCUT2D eigenvalue weighted by molar-refractivity contribution is -0.121. The van der Waals surface area contributed by atoms with Gasteiger partial charge in [-0.2, -0.15) is 5.10 Å². The van der Waals surface area contributed by atoms with Crippen LogP contribution in [0.15, 0.2) is 35.6 Å². The molecule has 27 heavy (non-hydrogen) atoms. The first-order valence-corrected chi connectivity index (χ1v) is 10.7. The fraction of sp³-hybridized carbons (Fsp3) is 0.565. The number of carbonyl (C=O) groups is 1. The van der Waals surface area contributed by atoms with Crippen LogP contribution in [-0.2, 0) is 4.79 Å². The zero-order valence-corrected chi connectivity index (χ0v) is 16.8. The maximum Gasteiger partial charge on any atom is 0.240 e. The Kier molecular flexibility index (Phi) is 10.3. The van der Waals surface area contributed by atoms with Gasteiger partial charge in [0.2, 0.25) is 5.91 Å². The summed E-state index contributed by atoms with van der Waals surface area (Å²) in [6.07, 6.45) is 18.4. The quantitative estimate of drug-likeness (QED) is 0.228. The van der Waals surface area contributed by atoms with Crippen molar-refractivity contribution < 1.29 is 4.79 Å². The number of amides is 1. The van der Waals surface area contributed by atoms with Crippen molar-refractivity contribution in [3.05, 3.63) is 36.0 Å². The lowest BCUT2D eigenvalue weighted by atomic mass is 10.1. The number of rotatable bonds is 14. The molecule has 0 fully saturated rings. The van der Waals surface area contributed by atoms with Gasteiger partial charge in [-0.05, 0) is 12.5 Å². The van der Waals surface area contributed by atoms with Crippen LogP contribution in [0.25, 0.3) is 10.9 Å². The van der Waals surface area contributed by atoms with E-state index in [2.05, 4.69) is 22.4 Å². The van der Waals surface area contributed by atoms with Crippen LogP contribution in [0.5, 0.6) is 0 Å². The summed E-state index contributed by atoms with van der Waals surface area (Å²) in [6.45, 7) is 2.26. The van der Waals surface area contributed by atoms with E-state index in [4.69, 9.17) is 0 Å². The molecule has 0 radical (unpaired) electrons. The number of para-hydroxylation sites is 1. The highest BCUT2D eigenvalue weighted by Gasteiger charge is 2.01. The van der Waals surface area contributed by atoms with E-state index in [0.29, 0.717) is 6.42 Å². The summed E-state index contributed by atoms with van der Waals surface area (Å²) < 4.78 is 0. The maximum atomic E-state index is 11.9. The molecular formula is C23H35N3O.